The lowest BCUT2D eigenvalue weighted by Gasteiger charge is -2.29. The summed E-state index contributed by atoms with van der Waals surface area (Å²) >= 11 is 0. The smallest absolute Gasteiger partial charge is 0.253 e. The molecule has 1 amide bonds. The second kappa shape index (κ2) is 6.03. The van der Waals surface area contributed by atoms with Gasteiger partial charge in [0.05, 0.1) is 11.3 Å². The van der Waals surface area contributed by atoms with E-state index in [9.17, 15) is 4.79 Å². The van der Waals surface area contributed by atoms with Crippen molar-refractivity contribution < 1.29 is 4.79 Å². The van der Waals surface area contributed by atoms with Crippen molar-refractivity contribution in [1.29, 1.82) is 0 Å². The molecule has 110 valence electrons. The summed E-state index contributed by atoms with van der Waals surface area (Å²) in [5, 5.41) is 14.3. The van der Waals surface area contributed by atoms with Crippen molar-refractivity contribution in [3.8, 4) is 5.69 Å². The van der Waals surface area contributed by atoms with E-state index in [1.54, 1.807) is 6.07 Å². The van der Waals surface area contributed by atoms with Gasteiger partial charge in [-0.1, -0.05) is 31.9 Å². The zero-order valence-electron chi connectivity index (χ0n) is 12.1. The molecule has 3 rings (SSSR count). The largest absolute Gasteiger partial charge is 0.349 e. The first-order chi connectivity index (χ1) is 10.3. The Morgan fingerprint density at radius 1 is 1.29 bits per heavy atom. The fraction of sp³-hybridized carbons (Fsp3) is 0.467. The van der Waals surface area contributed by atoms with Gasteiger partial charge in [-0.3, -0.25) is 4.79 Å². The normalized spacial score (nSPS) is 22.0. The van der Waals surface area contributed by atoms with E-state index in [2.05, 4.69) is 27.8 Å². The van der Waals surface area contributed by atoms with Gasteiger partial charge < -0.3 is 5.32 Å². The molecule has 0 bridgehead atoms. The number of aromatic nitrogens is 4. The minimum atomic E-state index is -0.0557. The van der Waals surface area contributed by atoms with E-state index >= 15 is 0 Å². The molecule has 0 radical (unpaired) electrons. The molecule has 2 aromatic rings. The van der Waals surface area contributed by atoms with Crippen molar-refractivity contribution in [2.45, 2.75) is 38.6 Å². The molecule has 1 saturated carbocycles. The number of amides is 1. The number of nitrogens with zero attached hydrogens (tertiary/aromatic N) is 4. The molecular weight excluding hydrogens is 266 g/mol. The fourth-order valence-electron chi connectivity index (χ4n) is 2.91. The van der Waals surface area contributed by atoms with Gasteiger partial charge in [0.15, 0.2) is 0 Å². The summed E-state index contributed by atoms with van der Waals surface area (Å²) in [5.41, 5.74) is 1.30. The molecule has 2 unspecified atom stereocenters. The number of carbonyl (C=O) groups excluding carboxylic acids is 1. The molecule has 0 spiro atoms. The number of para-hydroxylation sites is 1. The van der Waals surface area contributed by atoms with E-state index < -0.39 is 0 Å². The highest BCUT2D eigenvalue weighted by Gasteiger charge is 2.24. The molecule has 1 aliphatic rings. The Kier molecular flexibility index (Phi) is 3.94. The molecule has 6 heteroatoms. The Balaban J connectivity index is 1.82. The molecule has 1 aliphatic carbocycles. The lowest BCUT2D eigenvalue weighted by Crippen LogP contribution is -2.41. The van der Waals surface area contributed by atoms with Gasteiger partial charge in [-0.05, 0) is 41.3 Å². The first-order valence-corrected chi connectivity index (χ1v) is 7.39. The number of carbonyl (C=O) groups is 1. The number of nitrogens with one attached hydrogen (secondary N) is 1. The Bertz CT molecular complexity index is 610. The van der Waals surface area contributed by atoms with Crippen LogP contribution in [-0.4, -0.2) is 32.2 Å². The Morgan fingerprint density at radius 3 is 2.86 bits per heavy atom. The standard InChI is InChI=1S/C15H19N5O/c1-11-6-2-4-8-13(11)17-15(21)12-7-3-5-9-14(12)20-10-16-18-19-20/h3,5,7,9-11,13H,2,4,6,8H2,1H3,(H,17,21). The van der Waals surface area contributed by atoms with Crippen LogP contribution in [0.25, 0.3) is 5.69 Å². The summed E-state index contributed by atoms with van der Waals surface area (Å²) in [6, 6.07) is 7.63. The van der Waals surface area contributed by atoms with Gasteiger partial charge in [-0.15, -0.1) is 5.10 Å². The molecule has 6 nitrogen and oxygen atoms in total. The Labute approximate surface area is 123 Å². The van der Waals surface area contributed by atoms with Crippen molar-refractivity contribution in [2.75, 3.05) is 0 Å². The van der Waals surface area contributed by atoms with E-state index in [1.165, 1.54) is 30.3 Å². The topological polar surface area (TPSA) is 72.7 Å². The summed E-state index contributed by atoms with van der Waals surface area (Å²) in [7, 11) is 0. The second-order valence-corrected chi connectivity index (χ2v) is 5.61. The van der Waals surface area contributed by atoms with Crippen LogP contribution in [0.4, 0.5) is 0 Å². The third-order valence-corrected chi connectivity index (χ3v) is 4.17. The number of hydrogen-bond acceptors (Lipinski definition) is 4. The lowest BCUT2D eigenvalue weighted by atomic mass is 9.86. The molecular formula is C15H19N5O. The summed E-state index contributed by atoms with van der Waals surface area (Å²) in [6.07, 6.45) is 6.17. The summed E-state index contributed by atoms with van der Waals surface area (Å²) in [4.78, 5) is 12.6. The maximum atomic E-state index is 12.6. The van der Waals surface area contributed by atoms with Crippen molar-refractivity contribution in [2.24, 2.45) is 5.92 Å². The second-order valence-electron chi connectivity index (χ2n) is 5.61. The molecule has 0 saturated heterocycles. The van der Waals surface area contributed by atoms with Crippen LogP contribution in [0.3, 0.4) is 0 Å². The van der Waals surface area contributed by atoms with Crippen molar-refractivity contribution >= 4 is 5.91 Å². The average molecular weight is 285 g/mol. The lowest BCUT2D eigenvalue weighted by molar-refractivity contribution is 0.0910. The van der Waals surface area contributed by atoms with E-state index in [1.807, 2.05) is 18.2 Å². The van der Waals surface area contributed by atoms with Crippen molar-refractivity contribution in [3.63, 3.8) is 0 Å². The third kappa shape index (κ3) is 2.94. The molecule has 21 heavy (non-hydrogen) atoms. The zero-order valence-corrected chi connectivity index (χ0v) is 12.1. The third-order valence-electron chi connectivity index (χ3n) is 4.17. The predicted octanol–water partition coefficient (Wildman–Crippen LogP) is 1.97. The van der Waals surface area contributed by atoms with Crippen LogP contribution in [0.15, 0.2) is 30.6 Å². The van der Waals surface area contributed by atoms with Gasteiger partial charge in [0, 0.05) is 6.04 Å². The summed E-state index contributed by atoms with van der Waals surface area (Å²) in [6.45, 7) is 2.21. The highest BCUT2D eigenvalue weighted by molar-refractivity contribution is 5.97. The Hall–Kier alpha value is -2.24. The van der Waals surface area contributed by atoms with E-state index in [4.69, 9.17) is 0 Å². The van der Waals surface area contributed by atoms with E-state index in [-0.39, 0.29) is 11.9 Å². The highest BCUT2D eigenvalue weighted by Crippen LogP contribution is 2.24. The first kappa shape index (κ1) is 13.7. The van der Waals surface area contributed by atoms with Crippen LogP contribution >= 0.6 is 0 Å². The molecule has 1 fully saturated rings. The maximum Gasteiger partial charge on any atom is 0.253 e. The van der Waals surface area contributed by atoms with Gasteiger partial charge in [0.25, 0.3) is 5.91 Å². The van der Waals surface area contributed by atoms with Gasteiger partial charge in [-0.25, -0.2) is 0 Å². The Morgan fingerprint density at radius 2 is 2.10 bits per heavy atom. The van der Waals surface area contributed by atoms with Gasteiger partial charge in [0.1, 0.15) is 6.33 Å². The van der Waals surface area contributed by atoms with Gasteiger partial charge in [-0.2, -0.15) is 4.68 Å². The number of tetrazole rings is 1. The monoisotopic (exact) mass is 285 g/mol. The van der Waals surface area contributed by atoms with Crippen molar-refractivity contribution in [1.82, 2.24) is 25.5 Å². The predicted molar refractivity (Wildman–Crippen MR) is 78.0 cm³/mol. The molecule has 1 aromatic heterocycles. The van der Waals surface area contributed by atoms with Crippen LogP contribution < -0.4 is 5.32 Å². The zero-order chi connectivity index (χ0) is 14.7. The van der Waals surface area contributed by atoms with Crippen LogP contribution in [0.2, 0.25) is 0 Å². The fourth-order valence-corrected chi connectivity index (χ4v) is 2.91. The van der Waals surface area contributed by atoms with E-state index in [0.29, 0.717) is 17.2 Å². The number of hydrogen-bond donors (Lipinski definition) is 1. The SMILES string of the molecule is CC1CCCCC1NC(=O)c1ccccc1-n1cnnn1. The van der Waals surface area contributed by atoms with Gasteiger partial charge >= 0.3 is 0 Å². The highest BCUT2D eigenvalue weighted by atomic mass is 16.1. The van der Waals surface area contributed by atoms with E-state index in [0.717, 1.165) is 6.42 Å². The average Bonchev–Trinajstić information content (AvgIpc) is 3.04. The van der Waals surface area contributed by atoms with Crippen LogP contribution in [0.1, 0.15) is 43.0 Å². The van der Waals surface area contributed by atoms with Crippen LogP contribution in [0, 0.1) is 5.92 Å². The molecule has 1 N–H and O–H groups in total. The molecule has 1 heterocycles. The molecule has 1 aromatic carbocycles. The number of benzene rings is 1. The van der Waals surface area contributed by atoms with Crippen LogP contribution in [0.5, 0.6) is 0 Å². The number of rotatable bonds is 3. The quantitative estimate of drug-likeness (QED) is 0.935. The summed E-state index contributed by atoms with van der Waals surface area (Å²) < 4.78 is 1.51. The van der Waals surface area contributed by atoms with Crippen LogP contribution in [-0.2, 0) is 0 Å². The minimum Gasteiger partial charge on any atom is -0.349 e. The minimum absolute atomic E-state index is 0.0557. The van der Waals surface area contributed by atoms with Crippen molar-refractivity contribution in [3.05, 3.63) is 36.2 Å². The molecule has 0 aliphatic heterocycles. The maximum absolute atomic E-state index is 12.6. The molecule has 2 atom stereocenters. The van der Waals surface area contributed by atoms with Gasteiger partial charge in [0.2, 0.25) is 0 Å². The first-order valence-electron chi connectivity index (χ1n) is 7.39. The summed E-state index contributed by atoms with van der Waals surface area (Å²) in [5.74, 6) is 0.475.